The topological polar surface area (TPSA) is 15.3 Å². The van der Waals surface area contributed by atoms with Gasteiger partial charge in [0, 0.05) is 25.7 Å². The Morgan fingerprint density at radius 1 is 1.27 bits per heavy atom. The summed E-state index contributed by atoms with van der Waals surface area (Å²) < 4.78 is 0. The van der Waals surface area contributed by atoms with Crippen LogP contribution in [-0.4, -0.2) is 24.0 Å². The Kier molecular flexibility index (Phi) is 3.39. The molecule has 1 aliphatic rings. The van der Waals surface area contributed by atoms with Crippen molar-refractivity contribution in [2.45, 2.75) is 33.0 Å². The number of fused-ring (bicyclic) bond motifs is 1. The Bertz CT molecular complexity index is 297. The molecule has 2 nitrogen and oxygen atoms in total. The standard InChI is InChI=1S/C13H20N2/c1-3-14-11(2)8-15-9-12-6-4-5-7-13(12)10-15/h4-7,11,14H,3,8-10H2,1-2H3. The van der Waals surface area contributed by atoms with Gasteiger partial charge in [-0.05, 0) is 24.6 Å². The predicted molar refractivity (Wildman–Crippen MR) is 63.7 cm³/mol. The van der Waals surface area contributed by atoms with Crippen molar-refractivity contribution in [2.24, 2.45) is 0 Å². The van der Waals surface area contributed by atoms with E-state index < -0.39 is 0 Å². The summed E-state index contributed by atoms with van der Waals surface area (Å²) in [5.74, 6) is 0. The summed E-state index contributed by atoms with van der Waals surface area (Å²) in [6, 6.07) is 9.34. The Morgan fingerprint density at radius 2 is 1.87 bits per heavy atom. The van der Waals surface area contributed by atoms with Crippen LogP contribution >= 0.6 is 0 Å². The van der Waals surface area contributed by atoms with Crippen molar-refractivity contribution in [3.63, 3.8) is 0 Å². The summed E-state index contributed by atoms with van der Waals surface area (Å²) in [5, 5.41) is 3.46. The van der Waals surface area contributed by atoms with Crippen molar-refractivity contribution in [3.05, 3.63) is 35.4 Å². The second-order valence-corrected chi connectivity index (χ2v) is 4.40. The first-order valence-corrected chi connectivity index (χ1v) is 5.82. The van der Waals surface area contributed by atoms with Crippen molar-refractivity contribution in [3.8, 4) is 0 Å². The van der Waals surface area contributed by atoms with Gasteiger partial charge < -0.3 is 5.32 Å². The van der Waals surface area contributed by atoms with Gasteiger partial charge in [-0.3, -0.25) is 4.90 Å². The van der Waals surface area contributed by atoms with Gasteiger partial charge in [-0.2, -0.15) is 0 Å². The molecule has 0 fully saturated rings. The molecular formula is C13H20N2. The first-order valence-electron chi connectivity index (χ1n) is 5.82. The molecule has 0 spiro atoms. The molecule has 1 aliphatic heterocycles. The van der Waals surface area contributed by atoms with Gasteiger partial charge in [-0.15, -0.1) is 0 Å². The van der Waals surface area contributed by atoms with Crippen molar-refractivity contribution in [1.82, 2.24) is 10.2 Å². The van der Waals surface area contributed by atoms with Gasteiger partial charge in [0.15, 0.2) is 0 Å². The maximum absolute atomic E-state index is 3.46. The van der Waals surface area contributed by atoms with Crippen LogP contribution in [0.2, 0.25) is 0 Å². The lowest BCUT2D eigenvalue weighted by molar-refractivity contribution is 0.255. The van der Waals surface area contributed by atoms with E-state index in [-0.39, 0.29) is 0 Å². The highest BCUT2D eigenvalue weighted by molar-refractivity contribution is 5.30. The minimum Gasteiger partial charge on any atom is -0.313 e. The van der Waals surface area contributed by atoms with E-state index in [2.05, 4.69) is 48.3 Å². The largest absolute Gasteiger partial charge is 0.313 e. The molecule has 1 atom stereocenters. The quantitative estimate of drug-likeness (QED) is 0.807. The van der Waals surface area contributed by atoms with E-state index in [1.165, 1.54) is 11.1 Å². The lowest BCUT2D eigenvalue weighted by Crippen LogP contribution is -2.36. The minimum atomic E-state index is 0.587. The summed E-state index contributed by atoms with van der Waals surface area (Å²) >= 11 is 0. The molecule has 1 heterocycles. The van der Waals surface area contributed by atoms with Gasteiger partial charge in [0.25, 0.3) is 0 Å². The second kappa shape index (κ2) is 4.77. The van der Waals surface area contributed by atoms with E-state index in [1.54, 1.807) is 0 Å². The monoisotopic (exact) mass is 204 g/mol. The smallest absolute Gasteiger partial charge is 0.0241 e. The van der Waals surface area contributed by atoms with E-state index in [9.17, 15) is 0 Å². The molecule has 82 valence electrons. The maximum atomic E-state index is 3.46. The number of hydrogen-bond acceptors (Lipinski definition) is 2. The number of nitrogens with one attached hydrogen (secondary N) is 1. The Morgan fingerprint density at radius 3 is 2.40 bits per heavy atom. The molecule has 0 amide bonds. The molecule has 1 aromatic rings. The molecule has 0 radical (unpaired) electrons. The molecule has 0 aliphatic carbocycles. The summed E-state index contributed by atoms with van der Waals surface area (Å²) in [6.07, 6.45) is 0. The zero-order valence-corrected chi connectivity index (χ0v) is 9.66. The van der Waals surface area contributed by atoms with Crippen molar-refractivity contribution >= 4 is 0 Å². The lowest BCUT2D eigenvalue weighted by Gasteiger charge is -2.20. The predicted octanol–water partition coefficient (Wildman–Crippen LogP) is 2.00. The van der Waals surface area contributed by atoms with Gasteiger partial charge >= 0.3 is 0 Å². The average molecular weight is 204 g/mol. The van der Waals surface area contributed by atoms with Gasteiger partial charge in [0.2, 0.25) is 0 Å². The van der Waals surface area contributed by atoms with Gasteiger partial charge in [-0.25, -0.2) is 0 Å². The Labute approximate surface area is 92.3 Å². The van der Waals surface area contributed by atoms with Crippen LogP contribution in [-0.2, 0) is 13.1 Å². The summed E-state index contributed by atoms with van der Waals surface area (Å²) in [6.45, 7) is 8.85. The number of rotatable bonds is 4. The van der Waals surface area contributed by atoms with Crippen molar-refractivity contribution in [1.29, 1.82) is 0 Å². The number of benzene rings is 1. The number of hydrogen-bond donors (Lipinski definition) is 1. The number of likely N-dealkylation sites (N-methyl/N-ethyl adjacent to an activating group) is 1. The van der Waals surface area contributed by atoms with Gasteiger partial charge in [0.05, 0.1) is 0 Å². The van der Waals surface area contributed by atoms with Crippen LogP contribution in [0.1, 0.15) is 25.0 Å². The highest BCUT2D eigenvalue weighted by Gasteiger charge is 2.19. The van der Waals surface area contributed by atoms with E-state index in [0.717, 1.165) is 26.2 Å². The van der Waals surface area contributed by atoms with Crippen LogP contribution < -0.4 is 5.32 Å². The second-order valence-electron chi connectivity index (χ2n) is 4.40. The molecule has 0 aromatic heterocycles. The van der Waals surface area contributed by atoms with Crippen LogP contribution in [0.15, 0.2) is 24.3 Å². The molecule has 0 bridgehead atoms. The molecular weight excluding hydrogens is 184 g/mol. The van der Waals surface area contributed by atoms with E-state index in [0.29, 0.717) is 6.04 Å². The zero-order chi connectivity index (χ0) is 10.7. The summed E-state index contributed by atoms with van der Waals surface area (Å²) in [4.78, 5) is 2.51. The third-order valence-corrected chi connectivity index (χ3v) is 2.99. The van der Waals surface area contributed by atoms with Crippen LogP contribution in [0.5, 0.6) is 0 Å². The molecule has 2 heteroatoms. The maximum Gasteiger partial charge on any atom is 0.0241 e. The Balaban J connectivity index is 1.90. The molecule has 1 N–H and O–H groups in total. The highest BCUT2D eigenvalue weighted by Crippen LogP contribution is 2.21. The van der Waals surface area contributed by atoms with Crippen LogP contribution in [0.25, 0.3) is 0 Å². The molecule has 0 saturated carbocycles. The van der Waals surface area contributed by atoms with E-state index >= 15 is 0 Å². The van der Waals surface area contributed by atoms with Crippen LogP contribution in [0.4, 0.5) is 0 Å². The van der Waals surface area contributed by atoms with E-state index in [1.807, 2.05) is 0 Å². The normalized spacial score (nSPS) is 17.7. The first-order chi connectivity index (χ1) is 7.29. The minimum absolute atomic E-state index is 0.587. The van der Waals surface area contributed by atoms with Crippen LogP contribution in [0, 0.1) is 0 Å². The third kappa shape index (κ3) is 2.58. The molecule has 2 rings (SSSR count). The third-order valence-electron chi connectivity index (χ3n) is 2.99. The number of nitrogens with zero attached hydrogens (tertiary/aromatic N) is 1. The average Bonchev–Trinajstić information content (AvgIpc) is 2.59. The Hall–Kier alpha value is -0.860. The van der Waals surface area contributed by atoms with Crippen molar-refractivity contribution in [2.75, 3.05) is 13.1 Å². The fraction of sp³-hybridized carbons (Fsp3) is 0.538. The molecule has 0 saturated heterocycles. The molecule has 1 unspecified atom stereocenters. The molecule has 1 aromatic carbocycles. The summed E-state index contributed by atoms with van der Waals surface area (Å²) in [5.41, 5.74) is 3.00. The molecule has 15 heavy (non-hydrogen) atoms. The van der Waals surface area contributed by atoms with Crippen LogP contribution in [0.3, 0.4) is 0 Å². The zero-order valence-electron chi connectivity index (χ0n) is 9.66. The lowest BCUT2D eigenvalue weighted by atomic mass is 10.1. The fourth-order valence-electron chi connectivity index (χ4n) is 2.33. The van der Waals surface area contributed by atoms with E-state index in [4.69, 9.17) is 0 Å². The van der Waals surface area contributed by atoms with Gasteiger partial charge in [-0.1, -0.05) is 31.2 Å². The SMILES string of the molecule is CCNC(C)CN1Cc2ccccc2C1. The first kappa shape index (κ1) is 10.7. The fourth-order valence-corrected chi connectivity index (χ4v) is 2.33. The summed E-state index contributed by atoms with van der Waals surface area (Å²) in [7, 11) is 0. The van der Waals surface area contributed by atoms with Crippen molar-refractivity contribution < 1.29 is 0 Å². The highest BCUT2D eigenvalue weighted by atomic mass is 15.2. The van der Waals surface area contributed by atoms with Gasteiger partial charge in [0.1, 0.15) is 0 Å².